The molecule has 1 aromatic carbocycles. The predicted octanol–water partition coefficient (Wildman–Crippen LogP) is 3.63. The van der Waals surface area contributed by atoms with Gasteiger partial charge >= 0.3 is 0 Å². The molecule has 3 nitrogen and oxygen atoms in total. The van der Waals surface area contributed by atoms with Crippen LogP contribution in [0, 0.1) is 5.41 Å². The number of rotatable bonds is 5. The maximum absolute atomic E-state index is 6.24. The highest BCUT2D eigenvalue weighted by molar-refractivity contribution is 5.33. The standard InChI is InChI=1S/C17H27NO2/c1-5-19-13-8-6-9-14(12-13)20-15-10-7-11-17(2,3)16(15)18-4/h6,8-9,12,15-16,18H,5,7,10-11H2,1-4H3. The van der Waals surface area contributed by atoms with Crippen molar-refractivity contribution < 1.29 is 9.47 Å². The first-order valence-electron chi connectivity index (χ1n) is 7.63. The van der Waals surface area contributed by atoms with Crippen LogP contribution in [-0.4, -0.2) is 25.8 Å². The van der Waals surface area contributed by atoms with Crippen LogP contribution in [0.4, 0.5) is 0 Å². The fourth-order valence-electron chi connectivity index (χ4n) is 3.27. The molecule has 1 saturated carbocycles. The number of hydrogen-bond acceptors (Lipinski definition) is 3. The van der Waals surface area contributed by atoms with E-state index in [2.05, 4.69) is 19.2 Å². The molecule has 112 valence electrons. The van der Waals surface area contributed by atoms with E-state index < -0.39 is 0 Å². The maximum atomic E-state index is 6.24. The van der Waals surface area contributed by atoms with Gasteiger partial charge in [-0.15, -0.1) is 0 Å². The van der Waals surface area contributed by atoms with E-state index in [-0.39, 0.29) is 11.5 Å². The fraction of sp³-hybridized carbons (Fsp3) is 0.647. The summed E-state index contributed by atoms with van der Waals surface area (Å²) in [6, 6.07) is 8.33. The summed E-state index contributed by atoms with van der Waals surface area (Å²) in [5, 5.41) is 3.45. The molecule has 1 fully saturated rings. The van der Waals surface area contributed by atoms with Gasteiger partial charge in [-0.05, 0) is 50.8 Å². The summed E-state index contributed by atoms with van der Waals surface area (Å²) >= 11 is 0. The molecule has 0 heterocycles. The molecular formula is C17H27NO2. The lowest BCUT2D eigenvalue weighted by Gasteiger charge is -2.43. The third-order valence-corrected chi connectivity index (χ3v) is 4.24. The van der Waals surface area contributed by atoms with Crippen molar-refractivity contribution in [2.75, 3.05) is 13.7 Å². The summed E-state index contributed by atoms with van der Waals surface area (Å²) in [7, 11) is 2.03. The second-order valence-corrected chi connectivity index (χ2v) is 6.21. The van der Waals surface area contributed by atoms with E-state index in [0.29, 0.717) is 12.6 Å². The van der Waals surface area contributed by atoms with Gasteiger partial charge in [0.2, 0.25) is 0 Å². The molecule has 0 aliphatic heterocycles. The van der Waals surface area contributed by atoms with Gasteiger partial charge in [0.15, 0.2) is 0 Å². The first kappa shape index (κ1) is 15.2. The lowest BCUT2D eigenvalue weighted by atomic mass is 9.72. The number of nitrogens with one attached hydrogen (secondary N) is 1. The Labute approximate surface area is 122 Å². The zero-order valence-corrected chi connectivity index (χ0v) is 13.1. The van der Waals surface area contributed by atoms with Crippen LogP contribution in [0.3, 0.4) is 0 Å². The van der Waals surface area contributed by atoms with Gasteiger partial charge in [-0.1, -0.05) is 19.9 Å². The second-order valence-electron chi connectivity index (χ2n) is 6.21. The third-order valence-electron chi connectivity index (χ3n) is 4.24. The Bertz CT molecular complexity index is 431. The van der Waals surface area contributed by atoms with E-state index in [1.54, 1.807) is 0 Å². The molecule has 1 aliphatic rings. The van der Waals surface area contributed by atoms with Crippen molar-refractivity contribution in [2.24, 2.45) is 5.41 Å². The summed E-state index contributed by atoms with van der Waals surface area (Å²) in [5.41, 5.74) is 0.273. The molecular weight excluding hydrogens is 250 g/mol. The smallest absolute Gasteiger partial charge is 0.123 e. The predicted molar refractivity (Wildman–Crippen MR) is 82.5 cm³/mol. The Balaban J connectivity index is 2.09. The summed E-state index contributed by atoms with van der Waals surface area (Å²) in [5.74, 6) is 1.78. The fourth-order valence-corrected chi connectivity index (χ4v) is 3.27. The first-order chi connectivity index (χ1) is 9.56. The van der Waals surface area contributed by atoms with Crippen LogP contribution in [0.1, 0.15) is 40.0 Å². The molecule has 0 radical (unpaired) electrons. The molecule has 0 spiro atoms. The monoisotopic (exact) mass is 277 g/mol. The van der Waals surface area contributed by atoms with Crippen LogP contribution < -0.4 is 14.8 Å². The number of hydrogen-bond donors (Lipinski definition) is 1. The van der Waals surface area contributed by atoms with Crippen molar-refractivity contribution in [3.63, 3.8) is 0 Å². The quantitative estimate of drug-likeness (QED) is 0.891. The first-order valence-corrected chi connectivity index (χ1v) is 7.63. The summed E-state index contributed by atoms with van der Waals surface area (Å²) in [6.07, 6.45) is 3.80. The molecule has 0 saturated heterocycles. The third kappa shape index (κ3) is 3.45. The minimum atomic E-state index is 0.223. The Morgan fingerprint density at radius 2 is 2.05 bits per heavy atom. The molecule has 0 bridgehead atoms. The zero-order valence-electron chi connectivity index (χ0n) is 13.1. The lowest BCUT2D eigenvalue weighted by molar-refractivity contribution is 0.0402. The highest BCUT2D eigenvalue weighted by Gasteiger charge is 2.39. The molecule has 2 atom stereocenters. The normalized spacial score (nSPS) is 25.2. The van der Waals surface area contributed by atoms with Crippen LogP contribution in [0.25, 0.3) is 0 Å². The molecule has 0 amide bonds. The van der Waals surface area contributed by atoms with E-state index in [1.807, 2.05) is 38.2 Å². The van der Waals surface area contributed by atoms with Crippen molar-refractivity contribution in [3.8, 4) is 11.5 Å². The Hall–Kier alpha value is -1.22. The van der Waals surface area contributed by atoms with Crippen molar-refractivity contribution >= 4 is 0 Å². The van der Waals surface area contributed by atoms with E-state index >= 15 is 0 Å². The number of ether oxygens (including phenoxy) is 2. The highest BCUT2D eigenvalue weighted by atomic mass is 16.5. The van der Waals surface area contributed by atoms with Gasteiger partial charge in [-0.25, -0.2) is 0 Å². The van der Waals surface area contributed by atoms with Crippen molar-refractivity contribution in [1.29, 1.82) is 0 Å². The molecule has 0 aromatic heterocycles. The number of benzene rings is 1. The number of likely N-dealkylation sites (N-methyl/N-ethyl adjacent to an activating group) is 1. The van der Waals surface area contributed by atoms with Gasteiger partial charge in [0.05, 0.1) is 6.61 Å². The van der Waals surface area contributed by atoms with Crippen LogP contribution in [0.15, 0.2) is 24.3 Å². The topological polar surface area (TPSA) is 30.5 Å². The second kappa shape index (κ2) is 6.49. The zero-order chi connectivity index (χ0) is 14.6. The van der Waals surface area contributed by atoms with Gasteiger partial charge in [-0.2, -0.15) is 0 Å². The van der Waals surface area contributed by atoms with Gasteiger partial charge in [0.1, 0.15) is 17.6 Å². The molecule has 2 unspecified atom stereocenters. The summed E-state index contributed by atoms with van der Waals surface area (Å²) in [4.78, 5) is 0. The lowest BCUT2D eigenvalue weighted by Crippen LogP contribution is -2.53. The van der Waals surface area contributed by atoms with Crippen LogP contribution >= 0.6 is 0 Å². The molecule has 1 aliphatic carbocycles. The van der Waals surface area contributed by atoms with E-state index in [9.17, 15) is 0 Å². The van der Waals surface area contributed by atoms with E-state index in [0.717, 1.165) is 17.9 Å². The van der Waals surface area contributed by atoms with Gasteiger partial charge in [0.25, 0.3) is 0 Å². The highest BCUT2D eigenvalue weighted by Crippen LogP contribution is 2.37. The Morgan fingerprint density at radius 3 is 2.75 bits per heavy atom. The van der Waals surface area contributed by atoms with Gasteiger partial charge in [0, 0.05) is 12.1 Å². The minimum Gasteiger partial charge on any atom is -0.494 e. The molecule has 1 aromatic rings. The SMILES string of the molecule is CCOc1cccc(OC2CCCC(C)(C)C2NC)c1. The van der Waals surface area contributed by atoms with Crippen LogP contribution in [0.5, 0.6) is 11.5 Å². The molecule has 20 heavy (non-hydrogen) atoms. The van der Waals surface area contributed by atoms with E-state index in [4.69, 9.17) is 9.47 Å². The van der Waals surface area contributed by atoms with Crippen LogP contribution in [-0.2, 0) is 0 Å². The van der Waals surface area contributed by atoms with Crippen molar-refractivity contribution in [2.45, 2.75) is 52.2 Å². The maximum Gasteiger partial charge on any atom is 0.123 e. The van der Waals surface area contributed by atoms with Gasteiger partial charge in [-0.3, -0.25) is 0 Å². The largest absolute Gasteiger partial charge is 0.494 e. The summed E-state index contributed by atoms with van der Waals surface area (Å²) < 4.78 is 11.8. The molecule has 2 rings (SSSR count). The molecule has 1 N–H and O–H groups in total. The Kier molecular flexibility index (Phi) is 4.92. The van der Waals surface area contributed by atoms with Crippen molar-refractivity contribution in [3.05, 3.63) is 24.3 Å². The van der Waals surface area contributed by atoms with E-state index in [1.165, 1.54) is 12.8 Å². The molecule has 3 heteroatoms. The van der Waals surface area contributed by atoms with Gasteiger partial charge < -0.3 is 14.8 Å². The van der Waals surface area contributed by atoms with Crippen LogP contribution in [0.2, 0.25) is 0 Å². The summed E-state index contributed by atoms with van der Waals surface area (Å²) in [6.45, 7) is 7.31. The van der Waals surface area contributed by atoms with Crippen molar-refractivity contribution in [1.82, 2.24) is 5.32 Å². The average molecular weight is 277 g/mol. The average Bonchev–Trinajstić information content (AvgIpc) is 2.39. The Morgan fingerprint density at radius 1 is 1.30 bits per heavy atom. The minimum absolute atomic E-state index is 0.223.